The van der Waals surface area contributed by atoms with E-state index >= 15 is 0 Å². The summed E-state index contributed by atoms with van der Waals surface area (Å²) in [5.41, 5.74) is 5.86. The molecule has 0 saturated heterocycles. The highest BCUT2D eigenvalue weighted by molar-refractivity contribution is 7.91. The lowest BCUT2D eigenvalue weighted by atomic mass is 10.1. The van der Waals surface area contributed by atoms with Crippen LogP contribution >= 0.6 is 11.6 Å². The largest absolute Gasteiger partial charge is 0.478 e. The predicted octanol–water partition coefficient (Wildman–Crippen LogP) is 4.97. The third-order valence-electron chi connectivity index (χ3n) is 5.75. The summed E-state index contributed by atoms with van der Waals surface area (Å²) in [5, 5.41) is 20.5. The van der Waals surface area contributed by atoms with Gasteiger partial charge in [-0.3, -0.25) is 0 Å². The number of ether oxygens (including phenoxy) is 1. The minimum Gasteiger partial charge on any atom is -0.478 e. The first-order valence-corrected chi connectivity index (χ1v) is 13.9. The van der Waals surface area contributed by atoms with Crippen molar-refractivity contribution in [2.24, 2.45) is 0 Å². The van der Waals surface area contributed by atoms with E-state index in [1.54, 1.807) is 57.2 Å². The van der Waals surface area contributed by atoms with E-state index in [-0.39, 0.29) is 34.1 Å². The van der Waals surface area contributed by atoms with Crippen LogP contribution in [0.15, 0.2) is 76.5 Å². The summed E-state index contributed by atoms with van der Waals surface area (Å²) in [5.74, 6) is -1.32. The zero-order valence-corrected chi connectivity index (χ0v) is 23.4. The Morgan fingerprint density at radius 2 is 1.67 bits per heavy atom. The number of aromatic carboxylic acids is 1. The van der Waals surface area contributed by atoms with Gasteiger partial charge in [-0.05, 0) is 80.8 Å². The summed E-state index contributed by atoms with van der Waals surface area (Å²) in [6.07, 6.45) is -1.24. The van der Waals surface area contributed by atoms with E-state index < -0.39 is 33.6 Å². The second-order valence-corrected chi connectivity index (χ2v) is 12.3. The van der Waals surface area contributed by atoms with E-state index in [1.165, 1.54) is 29.2 Å². The first-order valence-electron chi connectivity index (χ1n) is 12.1. The van der Waals surface area contributed by atoms with Gasteiger partial charge in [0.25, 0.3) is 0 Å². The maximum atomic E-state index is 13.1. The van der Waals surface area contributed by atoms with Crippen LogP contribution in [0.3, 0.4) is 0 Å². The molecule has 3 aromatic carbocycles. The molecule has 0 bridgehead atoms. The molecule has 1 atom stereocenters. The number of nitrogens with two attached hydrogens (primary N) is 1. The number of carbonyl (C=O) groups is 2. The topological polar surface area (TPSA) is 147 Å². The van der Waals surface area contributed by atoms with Gasteiger partial charge in [0, 0.05) is 17.3 Å². The van der Waals surface area contributed by atoms with Crippen LogP contribution in [-0.4, -0.2) is 54.3 Å². The Balaban J connectivity index is 1.77. The number of amides is 1. The van der Waals surface area contributed by atoms with Crippen molar-refractivity contribution in [3.8, 4) is 0 Å². The van der Waals surface area contributed by atoms with E-state index in [9.17, 15) is 28.2 Å². The monoisotopic (exact) mass is 574 g/mol. The fourth-order valence-corrected chi connectivity index (χ4v) is 5.22. The number of sulfone groups is 1. The van der Waals surface area contributed by atoms with Crippen LogP contribution in [0.1, 0.15) is 48.4 Å². The number of aliphatic hydroxyl groups excluding tert-OH is 1. The van der Waals surface area contributed by atoms with Gasteiger partial charge in [0.05, 0.1) is 28.0 Å². The second kappa shape index (κ2) is 12.1. The second-order valence-electron chi connectivity index (χ2n) is 9.95. The van der Waals surface area contributed by atoms with Crippen molar-refractivity contribution in [3.05, 3.63) is 88.4 Å². The molecule has 1 amide bonds. The van der Waals surface area contributed by atoms with Gasteiger partial charge in [-0.15, -0.1) is 0 Å². The minimum absolute atomic E-state index is 0.0206. The molecule has 0 aliphatic heterocycles. The predicted molar refractivity (Wildman–Crippen MR) is 148 cm³/mol. The molecule has 0 aromatic heterocycles. The molecular formula is C28H31ClN2O7S. The van der Waals surface area contributed by atoms with Crippen LogP contribution in [0.5, 0.6) is 0 Å². The van der Waals surface area contributed by atoms with Gasteiger partial charge in [-0.2, -0.15) is 0 Å². The van der Waals surface area contributed by atoms with Crippen LogP contribution < -0.4 is 5.73 Å². The van der Waals surface area contributed by atoms with Gasteiger partial charge in [0.15, 0.2) is 0 Å². The molecule has 0 aliphatic carbocycles. The van der Waals surface area contributed by atoms with Gasteiger partial charge < -0.3 is 25.6 Å². The van der Waals surface area contributed by atoms with Crippen molar-refractivity contribution >= 4 is 39.2 Å². The Labute approximate surface area is 232 Å². The molecule has 208 valence electrons. The lowest BCUT2D eigenvalue weighted by Crippen LogP contribution is -2.40. The van der Waals surface area contributed by atoms with Crippen molar-refractivity contribution in [3.63, 3.8) is 0 Å². The zero-order chi connectivity index (χ0) is 29.0. The number of benzene rings is 3. The smallest absolute Gasteiger partial charge is 0.410 e. The van der Waals surface area contributed by atoms with E-state index in [0.717, 1.165) is 11.6 Å². The third-order valence-corrected chi connectivity index (χ3v) is 7.75. The normalized spacial score (nSPS) is 12.5. The number of nitrogen functional groups attached to an aromatic ring is 1. The summed E-state index contributed by atoms with van der Waals surface area (Å²) >= 11 is 6.04. The number of carboxylic acids is 1. The minimum atomic E-state index is -3.99. The number of carbonyl (C=O) groups excluding carboxylic acids is 1. The Morgan fingerprint density at radius 3 is 2.26 bits per heavy atom. The number of rotatable bonds is 9. The number of aliphatic hydroxyl groups is 1. The zero-order valence-electron chi connectivity index (χ0n) is 21.8. The number of carboxylic acid groups (broad SMARTS) is 1. The fourth-order valence-electron chi connectivity index (χ4n) is 3.73. The molecule has 0 unspecified atom stereocenters. The molecule has 0 radical (unpaired) electrons. The summed E-state index contributed by atoms with van der Waals surface area (Å²) in [6, 6.07) is 16.3. The lowest BCUT2D eigenvalue weighted by Gasteiger charge is -2.29. The number of hydrogen-bond donors (Lipinski definition) is 3. The van der Waals surface area contributed by atoms with E-state index in [1.807, 2.05) is 0 Å². The molecule has 0 saturated carbocycles. The first kappa shape index (κ1) is 29.9. The molecule has 0 aliphatic rings. The summed E-state index contributed by atoms with van der Waals surface area (Å²) in [7, 11) is -3.99. The van der Waals surface area contributed by atoms with Crippen LogP contribution in [-0.2, 0) is 21.0 Å². The molecule has 4 N–H and O–H groups in total. The highest BCUT2D eigenvalue weighted by atomic mass is 35.5. The van der Waals surface area contributed by atoms with Gasteiger partial charge in [-0.25, -0.2) is 18.0 Å². The molecule has 0 heterocycles. The number of halogens is 1. The maximum Gasteiger partial charge on any atom is 0.410 e. The summed E-state index contributed by atoms with van der Waals surface area (Å²) in [4.78, 5) is 25.4. The van der Waals surface area contributed by atoms with Crippen LogP contribution in [0.4, 0.5) is 10.5 Å². The summed E-state index contributed by atoms with van der Waals surface area (Å²) in [6.45, 7) is 5.39. The molecule has 0 spiro atoms. The molecule has 0 fully saturated rings. The Kier molecular flexibility index (Phi) is 9.26. The first-order chi connectivity index (χ1) is 18.2. The summed E-state index contributed by atoms with van der Waals surface area (Å²) < 4.78 is 31.6. The molecule has 9 nitrogen and oxygen atoms in total. The Bertz CT molecular complexity index is 1450. The standard InChI is InChI=1S/C28H31ClN2O7S/c1-28(2,3)38-27(35)31(17-25(32)19-5-4-6-20(29)15-19)14-13-18-7-9-21(10-8-18)39(36,37)22-11-12-24(30)23(16-22)26(33)34/h4-12,15-16,25,32H,13-14,17,30H2,1-3H3,(H,33,34)/t25-/m1/s1. The highest BCUT2D eigenvalue weighted by Crippen LogP contribution is 2.25. The maximum absolute atomic E-state index is 13.1. The SMILES string of the molecule is CC(C)(C)OC(=O)N(CCc1ccc(S(=O)(=O)c2ccc(N)c(C(=O)O)c2)cc1)C[C@@H](O)c1cccc(Cl)c1. The van der Waals surface area contributed by atoms with E-state index in [0.29, 0.717) is 17.0 Å². The van der Waals surface area contributed by atoms with Crippen molar-refractivity contribution in [2.75, 3.05) is 18.8 Å². The third kappa shape index (κ3) is 7.95. The van der Waals surface area contributed by atoms with Gasteiger partial charge >= 0.3 is 12.1 Å². The Morgan fingerprint density at radius 1 is 1.03 bits per heavy atom. The average molecular weight is 575 g/mol. The van der Waals surface area contributed by atoms with E-state index in [2.05, 4.69) is 0 Å². The number of anilines is 1. The molecular weight excluding hydrogens is 544 g/mol. The van der Waals surface area contributed by atoms with Crippen molar-refractivity contribution in [1.29, 1.82) is 0 Å². The fraction of sp³-hybridized carbons (Fsp3) is 0.286. The molecule has 11 heteroatoms. The Hall–Kier alpha value is -3.60. The van der Waals surface area contributed by atoms with Crippen molar-refractivity contribution < 1.29 is 33.0 Å². The van der Waals surface area contributed by atoms with Gasteiger partial charge in [0.1, 0.15) is 5.60 Å². The van der Waals surface area contributed by atoms with Crippen molar-refractivity contribution in [1.82, 2.24) is 4.90 Å². The average Bonchev–Trinajstić information content (AvgIpc) is 2.85. The van der Waals surface area contributed by atoms with E-state index in [4.69, 9.17) is 22.1 Å². The molecule has 3 aromatic rings. The number of hydrogen-bond acceptors (Lipinski definition) is 7. The van der Waals surface area contributed by atoms with Crippen LogP contribution in [0, 0.1) is 0 Å². The molecule has 39 heavy (non-hydrogen) atoms. The lowest BCUT2D eigenvalue weighted by molar-refractivity contribution is 0.0147. The van der Waals surface area contributed by atoms with Crippen LogP contribution in [0.2, 0.25) is 5.02 Å². The van der Waals surface area contributed by atoms with Gasteiger partial charge in [-0.1, -0.05) is 35.9 Å². The molecule has 3 rings (SSSR count). The van der Waals surface area contributed by atoms with Crippen molar-refractivity contribution in [2.45, 2.75) is 48.7 Å². The van der Waals surface area contributed by atoms with Gasteiger partial charge in [0.2, 0.25) is 9.84 Å². The quantitative estimate of drug-likeness (QED) is 0.304. The highest BCUT2D eigenvalue weighted by Gasteiger charge is 2.25. The van der Waals surface area contributed by atoms with Crippen LogP contribution in [0.25, 0.3) is 0 Å². The number of nitrogens with zero attached hydrogens (tertiary/aromatic N) is 1.